The Balaban J connectivity index is 1.18. The average molecular weight is 603 g/mol. The van der Waals surface area contributed by atoms with Crippen molar-refractivity contribution < 1.29 is 26.3 Å². The predicted octanol–water partition coefficient (Wildman–Crippen LogP) is 3.84. The van der Waals surface area contributed by atoms with Crippen LogP contribution < -0.4 is 18.9 Å². The topological polar surface area (TPSA) is 158 Å². The van der Waals surface area contributed by atoms with Crippen LogP contribution in [-0.4, -0.2) is 30.0 Å². The number of benzene rings is 4. The minimum atomic E-state index is -3.71. The summed E-state index contributed by atoms with van der Waals surface area (Å²) in [4.78, 5) is 0.167. The molecule has 4 rings (SSSR count). The van der Waals surface area contributed by atoms with Gasteiger partial charge in [0.25, 0.3) is 0 Å². The third-order valence-corrected chi connectivity index (χ3v) is 8.82. The normalized spacial score (nSPS) is 11.3. The van der Waals surface area contributed by atoms with Crippen LogP contribution >= 0.6 is 0 Å². The summed E-state index contributed by atoms with van der Waals surface area (Å²) < 4.78 is 66.3. The molecule has 0 aromatic heterocycles. The first-order chi connectivity index (χ1) is 20.2. The third kappa shape index (κ3) is 8.39. The van der Waals surface area contributed by atoms with Crippen LogP contribution in [0.25, 0.3) is 0 Å². The Morgan fingerprint density at radius 2 is 0.857 bits per heavy atom. The quantitative estimate of drug-likeness (QED) is 0.219. The number of hydrogen-bond acceptors (Lipinski definition) is 8. The molecule has 12 heteroatoms. The molecule has 4 aromatic rings. The fourth-order valence-corrected chi connectivity index (χ4v) is 5.70. The highest BCUT2D eigenvalue weighted by Crippen LogP contribution is 2.16. The Morgan fingerprint density at radius 1 is 0.524 bits per heavy atom. The Bertz CT molecular complexity index is 1660. The second-order valence-electron chi connectivity index (χ2n) is 8.91. The van der Waals surface area contributed by atoms with E-state index in [9.17, 15) is 16.8 Å². The van der Waals surface area contributed by atoms with Gasteiger partial charge in [-0.2, -0.15) is 10.5 Å². The molecule has 0 saturated carbocycles. The smallest absolute Gasteiger partial charge is 0.240 e. The van der Waals surface area contributed by atoms with Gasteiger partial charge in [-0.3, -0.25) is 0 Å². The van der Waals surface area contributed by atoms with Crippen molar-refractivity contribution in [3.8, 4) is 23.6 Å². The molecule has 0 unspecified atom stereocenters. The molecule has 2 N–H and O–H groups in total. The zero-order valence-electron chi connectivity index (χ0n) is 22.2. The molecule has 4 aromatic carbocycles. The van der Waals surface area contributed by atoms with Gasteiger partial charge in [-0.15, -0.1) is 0 Å². The van der Waals surface area contributed by atoms with Gasteiger partial charge in [0.1, 0.15) is 24.7 Å². The highest BCUT2D eigenvalue weighted by atomic mass is 32.2. The summed E-state index contributed by atoms with van der Waals surface area (Å²) in [6, 6.07) is 29.2. The number of rotatable bonds is 13. The van der Waals surface area contributed by atoms with Crippen LogP contribution in [0.1, 0.15) is 22.3 Å². The second-order valence-corrected chi connectivity index (χ2v) is 12.4. The second kappa shape index (κ2) is 13.8. The van der Waals surface area contributed by atoms with Crippen LogP contribution in [0.2, 0.25) is 0 Å². The Hall–Kier alpha value is -4.72. The van der Waals surface area contributed by atoms with Crippen molar-refractivity contribution in [2.45, 2.75) is 22.9 Å². The number of nitriles is 2. The number of ether oxygens (including phenoxy) is 2. The predicted molar refractivity (Wildman–Crippen MR) is 154 cm³/mol. The molecule has 0 aliphatic rings. The first-order valence-electron chi connectivity index (χ1n) is 12.6. The van der Waals surface area contributed by atoms with Crippen LogP contribution in [0.5, 0.6) is 11.5 Å². The molecule has 0 atom stereocenters. The summed E-state index contributed by atoms with van der Waals surface area (Å²) in [6.07, 6.45) is 0. The van der Waals surface area contributed by atoms with Crippen molar-refractivity contribution in [2.24, 2.45) is 0 Å². The molecule has 0 aliphatic heterocycles. The van der Waals surface area contributed by atoms with Gasteiger partial charge in [0.15, 0.2) is 0 Å². The molecule has 0 heterocycles. The summed E-state index contributed by atoms with van der Waals surface area (Å²) in [6.45, 7) is 0.741. The molecule has 0 bridgehead atoms. The summed E-state index contributed by atoms with van der Waals surface area (Å²) in [5, 5.41) is 17.7. The van der Waals surface area contributed by atoms with Gasteiger partial charge < -0.3 is 9.47 Å². The zero-order valence-corrected chi connectivity index (χ0v) is 23.9. The SMILES string of the molecule is N#Cc1ccc(S(=O)(=O)NCc2ccc(OCCOc3ccc(CNS(=O)(=O)c4ccc(C#N)cc4)cc3)cc2)cc1. The number of nitrogens with one attached hydrogen (secondary N) is 2. The maximum Gasteiger partial charge on any atom is 0.240 e. The van der Waals surface area contributed by atoms with Crippen molar-refractivity contribution >= 4 is 20.0 Å². The average Bonchev–Trinajstić information content (AvgIpc) is 3.02. The fraction of sp³-hybridized carbons (Fsp3) is 0.133. The van der Waals surface area contributed by atoms with Gasteiger partial charge in [-0.1, -0.05) is 24.3 Å². The Labute approximate surface area is 244 Å². The van der Waals surface area contributed by atoms with Gasteiger partial charge in [0.05, 0.1) is 33.1 Å². The van der Waals surface area contributed by atoms with Crippen LogP contribution in [0.4, 0.5) is 0 Å². The minimum absolute atomic E-state index is 0.0837. The molecule has 0 aliphatic carbocycles. The van der Waals surface area contributed by atoms with E-state index in [0.29, 0.717) is 22.6 Å². The van der Waals surface area contributed by atoms with Crippen molar-refractivity contribution in [1.82, 2.24) is 9.44 Å². The molecule has 214 valence electrons. The van der Waals surface area contributed by atoms with E-state index >= 15 is 0 Å². The van der Waals surface area contributed by atoms with E-state index in [1.165, 1.54) is 48.5 Å². The highest BCUT2D eigenvalue weighted by molar-refractivity contribution is 7.89. The summed E-state index contributed by atoms with van der Waals surface area (Å²) in [7, 11) is -7.42. The molecule has 10 nitrogen and oxygen atoms in total. The van der Waals surface area contributed by atoms with E-state index in [0.717, 1.165) is 11.1 Å². The largest absolute Gasteiger partial charge is 0.490 e. The van der Waals surface area contributed by atoms with Crippen LogP contribution in [0.3, 0.4) is 0 Å². The lowest BCUT2D eigenvalue weighted by molar-refractivity contribution is 0.217. The molecule has 0 saturated heterocycles. The molecule has 0 fully saturated rings. The lowest BCUT2D eigenvalue weighted by Crippen LogP contribution is -2.23. The molecule has 0 amide bonds. The number of sulfonamides is 2. The summed E-state index contributed by atoms with van der Waals surface area (Å²) in [5.74, 6) is 1.20. The maximum atomic E-state index is 12.5. The fourth-order valence-electron chi connectivity index (χ4n) is 3.67. The van der Waals surface area contributed by atoms with E-state index in [1.807, 2.05) is 12.1 Å². The molecule has 42 heavy (non-hydrogen) atoms. The van der Waals surface area contributed by atoms with Crippen molar-refractivity contribution in [3.63, 3.8) is 0 Å². The lowest BCUT2D eigenvalue weighted by Gasteiger charge is -2.11. The van der Waals surface area contributed by atoms with Crippen molar-refractivity contribution in [1.29, 1.82) is 10.5 Å². The van der Waals surface area contributed by atoms with Gasteiger partial charge in [-0.05, 0) is 83.9 Å². The minimum Gasteiger partial charge on any atom is -0.490 e. The van der Waals surface area contributed by atoms with E-state index < -0.39 is 20.0 Å². The number of hydrogen-bond donors (Lipinski definition) is 2. The Morgan fingerprint density at radius 3 is 1.17 bits per heavy atom. The van der Waals surface area contributed by atoms with Gasteiger partial charge >= 0.3 is 0 Å². The summed E-state index contributed by atoms with van der Waals surface area (Å²) >= 11 is 0. The third-order valence-electron chi connectivity index (χ3n) is 5.99. The van der Waals surface area contributed by atoms with Crippen LogP contribution in [0.15, 0.2) is 107 Å². The summed E-state index contributed by atoms with van der Waals surface area (Å²) in [5.41, 5.74) is 2.26. The van der Waals surface area contributed by atoms with E-state index in [1.54, 1.807) is 48.5 Å². The standard InChI is InChI=1S/C30H26N4O6S2/c31-19-23-5-13-29(14-6-23)41(35,36)33-21-25-1-9-27(10-2-25)39-17-18-40-28-11-3-26(4-12-28)22-34-42(37,38)30-15-7-24(20-32)8-16-30/h1-16,33-34H,17-18,21-22H2. The van der Waals surface area contributed by atoms with Gasteiger partial charge in [0.2, 0.25) is 20.0 Å². The van der Waals surface area contributed by atoms with Crippen molar-refractivity contribution in [2.75, 3.05) is 13.2 Å². The Kier molecular flexibility index (Phi) is 9.91. The van der Waals surface area contributed by atoms with E-state index in [-0.39, 0.29) is 36.1 Å². The molecule has 0 spiro atoms. The van der Waals surface area contributed by atoms with Gasteiger partial charge in [-0.25, -0.2) is 26.3 Å². The lowest BCUT2D eigenvalue weighted by atomic mass is 10.2. The maximum absolute atomic E-state index is 12.5. The number of nitrogens with zero attached hydrogens (tertiary/aromatic N) is 2. The highest BCUT2D eigenvalue weighted by Gasteiger charge is 2.14. The van der Waals surface area contributed by atoms with E-state index in [4.69, 9.17) is 20.0 Å². The zero-order chi connectivity index (χ0) is 30.0. The van der Waals surface area contributed by atoms with Gasteiger partial charge in [0, 0.05) is 13.1 Å². The van der Waals surface area contributed by atoms with Crippen molar-refractivity contribution in [3.05, 3.63) is 119 Å². The monoisotopic (exact) mass is 602 g/mol. The molecular formula is C30H26N4O6S2. The van der Waals surface area contributed by atoms with Crippen LogP contribution in [-0.2, 0) is 33.1 Å². The van der Waals surface area contributed by atoms with E-state index in [2.05, 4.69) is 9.44 Å². The first-order valence-corrected chi connectivity index (χ1v) is 15.6. The molecular weight excluding hydrogens is 576 g/mol. The first kappa shape index (κ1) is 30.2. The molecule has 0 radical (unpaired) electrons. The van der Waals surface area contributed by atoms with Crippen LogP contribution in [0, 0.1) is 22.7 Å².